The van der Waals surface area contributed by atoms with Gasteiger partial charge in [0.2, 0.25) is 5.75 Å². The fourth-order valence-corrected chi connectivity index (χ4v) is 6.41. The van der Waals surface area contributed by atoms with Gasteiger partial charge in [0.1, 0.15) is 0 Å². The molecule has 5 rings (SSSR count). The minimum Gasteiger partial charge on any atom is -0.493 e. The summed E-state index contributed by atoms with van der Waals surface area (Å²) in [6.07, 6.45) is 3.75. The van der Waals surface area contributed by atoms with Crippen molar-refractivity contribution in [2.75, 3.05) is 21.3 Å². The van der Waals surface area contributed by atoms with Gasteiger partial charge in [-0.05, 0) is 97.1 Å². The number of benzene rings is 1. The number of fused-ring (bicyclic) bond motifs is 2. The third-order valence-electron chi connectivity index (χ3n) is 6.90. The van der Waals surface area contributed by atoms with Crippen molar-refractivity contribution in [1.29, 1.82) is 0 Å². The molecule has 4 heterocycles. The molecule has 0 fully saturated rings. The number of carbonyl (C=O) groups is 2. The zero-order valence-electron chi connectivity index (χ0n) is 22.0. The number of ketones is 2. The number of Topliss-reactive ketones (excluding diaryl/α,β-unsaturated/α-hetero) is 2. The van der Waals surface area contributed by atoms with Gasteiger partial charge in [-0.1, -0.05) is 0 Å². The summed E-state index contributed by atoms with van der Waals surface area (Å²) in [5.41, 5.74) is 5.37. The fourth-order valence-electron chi connectivity index (χ4n) is 5.27. The lowest BCUT2D eigenvalue weighted by molar-refractivity contribution is 0.0999. The Morgan fingerprint density at radius 1 is 0.718 bits per heavy atom. The summed E-state index contributed by atoms with van der Waals surface area (Å²) in [5.74, 6) is 0.918. The van der Waals surface area contributed by atoms with Crippen LogP contribution >= 0.6 is 31.9 Å². The largest absolute Gasteiger partial charge is 0.493 e. The van der Waals surface area contributed by atoms with Crippen LogP contribution in [0.15, 0.2) is 69.9 Å². The Bertz CT molecular complexity index is 1650. The smallest absolute Gasteiger partial charge is 0.203 e. The topological polar surface area (TPSA) is 70.7 Å². The maximum Gasteiger partial charge on any atom is 0.203 e. The molecule has 7 nitrogen and oxygen atoms in total. The highest BCUT2D eigenvalue weighted by Crippen LogP contribution is 2.47. The average Bonchev–Trinajstić information content (AvgIpc) is 3.50. The lowest BCUT2D eigenvalue weighted by atomic mass is 9.85. The van der Waals surface area contributed by atoms with Crippen molar-refractivity contribution < 1.29 is 23.8 Å². The quantitative estimate of drug-likeness (QED) is 0.164. The SMILES string of the molecule is COc1cc(C(c2cc(C(C)=O)n3cccc(Br)c23)c2cc(C(C)=O)n3cccc(Br)c23)cc(OC)c1OC. The summed E-state index contributed by atoms with van der Waals surface area (Å²) in [5, 5.41) is 0. The van der Waals surface area contributed by atoms with Crippen LogP contribution in [0.3, 0.4) is 0 Å². The van der Waals surface area contributed by atoms with E-state index in [-0.39, 0.29) is 11.6 Å². The van der Waals surface area contributed by atoms with Crippen LogP contribution in [0.2, 0.25) is 0 Å². The molecular weight excluding hydrogens is 628 g/mol. The molecule has 0 spiro atoms. The number of nitrogens with zero attached hydrogens (tertiary/aromatic N) is 2. The number of rotatable bonds is 8. The first kappa shape index (κ1) is 27.0. The fraction of sp³-hybridized carbons (Fsp3) is 0.200. The lowest BCUT2D eigenvalue weighted by Gasteiger charge is -2.21. The summed E-state index contributed by atoms with van der Waals surface area (Å²) in [4.78, 5) is 25.5. The van der Waals surface area contributed by atoms with Gasteiger partial charge in [0.25, 0.3) is 0 Å². The summed E-state index contributed by atoms with van der Waals surface area (Å²) < 4.78 is 22.5. The van der Waals surface area contributed by atoms with Gasteiger partial charge in [-0.3, -0.25) is 9.59 Å². The van der Waals surface area contributed by atoms with Gasteiger partial charge in [0, 0.05) is 41.1 Å². The van der Waals surface area contributed by atoms with Gasteiger partial charge in [-0.2, -0.15) is 0 Å². The van der Waals surface area contributed by atoms with E-state index in [9.17, 15) is 9.59 Å². The number of hydrogen-bond donors (Lipinski definition) is 0. The maximum atomic E-state index is 12.8. The van der Waals surface area contributed by atoms with Crippen molar-refractivity contribution in [1.82, 2.24) is 8.80 Å². The van der Waals surface area contributed by atoms with Crippen molar-refractivity contribution >= 4 is 54.5 Å². The molecule has 0 saturated carbocycles. The maximum absolute atomic E-state index is 12.8. The zero-order valence-corrected chi connectivity index (χ0v) is 25.2. The number of methoxy groups -OCH3 is 3. The molecule has 39 heavy (non-hydrogen) atoms. The van der Waals surface area contributed by atoms with E-state index in [0.29, 0.717) is 28.6 Å². The molecular formula is C30H26Br2N2O5. The molecule has 0 aliphatic heterocycles. The number of hydrogen-bond acceptors (Lipinski definition) is 5. The molecule has 0 radical (unpaired) electrons. The minimum atomic E-state index is -0.428. The Balaban J connectivity index is 1.97. The number of carbonyl (C=O) groups excluding carboxylic acids is 2. The first-order chi connectivity index (χ1) is 18.7. The van der Waals surface area contributed by atoms with E-state index in [1.807, 2.05) is 69.7 Å². The third-order valence-corrected chi connectivity index (χ3v) is 8.18. The molecule has 0 aliphatic carbocycles. The van der Waals surface area contributed by atoms with Crippen LogP contribution in [0.1, 0.15) is 57.4 Å². The van der Waals surface area contributed by atoms with Crippen LogP contribution in [-0.4, -0.2) is 41.7 Å². The number of ether oxygens (including phenoxy) is 3. The summed E-state index contributed by atoms with van der Waals surface area (Å²) in [7, 11) is 4.71. The molecule has 0 aliphatic rings. The van der Waals surface area contributed by atoms with Crippen molar-refractivity contribution in [2.45, 2.75) is 19.8 Å². The Kier molecular flexibility index (Phi) is 7.31. The van der Waals surface area contributed by atoms with E-state index in [1.54, 1.807) is 35.2 Å². The number of halogens is 2. The molecule has 200 valence electrons. The second-order valence-electron chi connectivity index (χ2n) is 9.12. The van der Waals surface area contributed by atoms with E-state index in [1.165, 1.54) is 0 Å². The monoisotopic (exact) mass is 652 g/mol. The molecule has 9 heteroatoms. The molecule has 0 amide bonds. The van der Waals surface area contributed by atoms with Gasteiger partial charge in [-0.15, -0.1) is 0 Å². The molecule has 1 aromatic carbocycles. The second kappa shape index (κ2) is 10.5. The van der Waals surface area contributed by atoms with Gasteiger partial charge < -0.3 is 23.0 Å². The van der Waals surface area contributed by atoms with Gasteiger partial charge >= 0.3 is 0 Å². The van der Waals surface area contributed by atoms with E-state index >= 15 is 0 Å². The van der Waals surface area contributed by atoms with Crippen molar-refractivity contribution in [2.24, 2.45) is 0 Å². The van der Waals surface area contributed by atoms with Crippen LogP contribution in [0, 0.1) is 0 Å². The Labute approximate surface area is 242 Å². The highest BCUT2D eigenvalue weighted by molar-refractivity contribution is 9.11. The Morgan fingerprint density at radius 2 is 1.15 bits per heavy atom. The van der Waals surface area contributed by atoms with Gasteiger partial charge in [-0.25, -0.2) is 0 Å². The molecule has 0 saturated heterocycles. The Morgan fingerprint density at radius 3 is 1.51 bits per heavy atom. The molecule has 0 bridgehead atoms. The first-order valence-corrected chi connectivity index (χ1v) is 13.7. The second-order valence-corrected chi connectivity index (χ2v) is 10.8. The highest BCUT2D eigenvalue weighted by Gasteiger charge is 2.30. The van der Waals surface area contributed by atoms with E-state index in [0.717, 1.165) is 36.7 Å². The standard InChI is InChI=1S/C30H26Br2N2O5/c1-16(35)23-14-19(28-21(31)8-6-10-33(23)28)27(18-12-25(37-3)30(39-5)26(13-18)38-4)20-15-24(17(2)36)34-11-7-9-22(32)29(20)34/h6-15,27H,1-5H3. The predicted octanol–water partition coefficient (Wildman–Crippen LogP) is 7.33. The summed E-state index contributed by atoms with van der Waals surface area (Å²) >= 11 is 7.45. The molecule has 5 aromatic rings. The van der Waals surface area contributed by atoms with Gasteiger partial charge in [0.15, 0.2) is 23.1 Å². The van der Waals surface area contributed by atoms with E-state index in [4.69, 9.17) is 14.2 Å². The van der Waals surface area contributed by atoms with E-state index in [2.05, 4.69) is 31.9 Å². The van der Waals surface area contributed by atoms with Crippen molar-refractivity contribution in [3.63, 3.8) is 0 Å². The molecule has 0 atom stereocenters. The first-order valence-electron chi connectivity index (χ1n) is 12.1. The van der Waals surface area contributed by atoms with Crippen LogP contribution in [0.25, 0.3) is 11.0 Å². The van der Waals surface area contributed by atoms with Crippen LogP contribution in [0.5, 0.6) is 17.2 Å². The average molecular weight is 654 g/mol. The van der Waals surface area contributed by atoms with Gasteiger partial charge in [0.05, 0.1) is 43.8 Å². The third kappa shape index (κ3) is 4.43. The highest BCUT2D eigenvalue weighted by atomic mass is 79.9. The molecule has 4 aromatic heterocycles. The number of aromatic nitrogens is 2. The normalized spacial score (nSPS) is 11.4. The van der Waals surface area contributed by atoms with Crippen LogP contribution in [-0.2, 0) is 0 Å². The van der Waals surface area contributed by atoms with Crippen molar-refractivity contribution in [3.8, 4) is 17.2 Å². The lowest BCUT2D eigenvalue weighted by Crippen LogP contribution is -2.06. The summed E-state index contributed by atoms with van der Waals surface area (Å²) in [6.45, 7) is 3.11. The molecule has 0 N–H and O–H groups in total. The zero-order chi connectivity index (χ0) is 28.0. The minimum absolute atomic E-state index is 0.0645. The van der Waals surface area contributed by atoms with Crippen LogP contribution < -0.4 is 14.2 Å². The predicted molar refractivity (Wildman–Crippen MR) is 157 cm³/mol. The van der Waals surface area contributed by atoms with Crippen molar-refractivity contribution in [3.05, 3.63) is 97.9 Å². The van der Waals surface area contributed by atoms with Crippen LogP contribution in [0.4, 0.5) is 0 Å². The number of pyridine rings is 2. The molecule has 0 unspecified atom stereocenters. The Hall–Kier alpha value is -3.56. The van der Waals surface area contributed by atoms with E-state index < -0.39 is 5.92 Å². The summed E-state index contributed by atoms with van der Waals surface area (Å²) in [6, 6.07) is 15.3.